The van der Waals surface area contributed by atoms with E-state index < -0.39 is 0 Å². The number of hydrazine groups is 1. The van der Waals surface area contributed by atoms with Gasteiger partial charge in [-0.15, -0.1) is 0 Å². The lowest BCUT2D eigenvalue weighted by Gasteiger charge is -2.06. The number of benzene rings is 1. The van der Waals surface area contributed by atoms with Crippen LogP contribution in [0.15, 0.2) is 18.2 Å². The van der Waals surface area contributed by atoms with Gasteiger partial charge in [0.15, 0.2) is 0 Å². The molecular formula is C8H11IN2. The summed E-state index contributed by atoms with van der Waals surface area (Å²) in [4.78, 5) is 0. The summed E-state index contributed by atoms with van der Waals surface area (Å²) in [6, 6.07) is 6.17. The zero-order valence-electron chi connectivity index (χ0n) is 6.39. The second kappa shape index (κ2) is 3.92. The lowest BCUT2D eigenvalue weighted by atomic mass is 10.1. The number of nitrogens with one attached hydrogen (secondary N) is 1. The maximum absolute atomic E-state index is 5.32. The fraction of sp³-hybridized carbons (Fsp3) is 0.250. The molecule has 11 heavy (non-hydrogen) atoms. The van der Waals surface area contributed by atoms with Gasteiger partial charge in [0, 0.05) is 3.57 Å². The van der Waals surface area contributed by atoms with E-state index in [1.807, 2.05) is 12.1 Å². The van der Waals surface area contributed by atoms with Gasteiger partial charge in [-0.2, -0.15) is 0 Å². The molecule has 0 saturated heterocycles. The Morgan fingerprint density at radius 1 is 1.55 bits per heavy atom. The maximum Gasteiger partial charge on any atom is 0.0517 e. The molecule has 0 saturated carbocycles. The Kier molecular flexibility index (Phi) is 3.14. The largest absolute Gasteiger partial charge is 0.324 e. The normalized spacial score (nSPS) is 9.73. The number of rotatable bonds is 2. The minimum atomic E-state index is 1.01. The fourth-order valence-electron chi connectivity index (χ4n) is 0.996. The molecule has 3 N–H and O–H groups in total. The summed E-state index contributed by atoms with van der Waals surface area (Å²) in [5.74, 6) is 5.32. The van der Waals surface area contributed by atoms with Gasteiger partial charge in [0.25, 0.3) is 0 Å². The fourth-order valence-corrected chi connectivity index (χ4v) is 1.55. The Morgan fingerprint density at radius 3 is 2.82 bits per heavy atom. The van der Waals surface area contributed by atoms with Crippen LogP contribution in [0.3, 0.4) is 0 Å². The van der Waals surface area contributed by atoms with Crippen LogP contribution in [-0.2, 0) is 6.42 Å². The van der Waals surface area contributed by atoms with Crippen molar-refractivity contribution in [2.24, 2.45) is 5.84 Å². The van der Waals surface area contributed by atoms with Crippen LogP contribution < -0.4 is 11.3 Å². The van der Waals surface area contributed by atoms with Crippen molar-refractivity contribution in [2.45, 2.75) is 13.3 Å². The molecule has 0 radical (unpaired) electrons. The molecule has 60 valence electrons. The minimum Gasteiger partial charge on any atom is -0.324 e. The summed E-state index contributed by atoms with van der Waals surface area (Å²) in [5, 5.41) is 0. The van der Waals surface area contributed by atoms with E-state index in [9.17, 15) is 0 Å². The van der Waals surface area contributed by atoms with Gasteiger partial charge in [-0.25, -0.2) is 0 Å². The molecule has 2 nitrogen and oxygen atoms in total. The van der Waals surface area contributed by atoms with E-state index in [4.69, 9.17) is 5.84 Å². The summed E-state index contributed by atoms with van der Waals surface area (Å²) in [5.41, 5.74) is 4.95. The number of nitrogens with two attached hydrogens (primary N) is 1. The highest BCUT2D eigenvalue weighted by atomic mass is 127. The van der Waals surface area contributed by atoms with Crippen molar-refractivity contribution in [3.63, 3.8) is 0 Å². The molecule has 0 aliphatic carbocycles. The van der Waals surface area contributed by atoms with Crippen molar-refractivity contribution >= 4 is 28.3 Å². The van der Waals surface area contributed by atoms with E-state index in [2.05, 4.69) is 41.0 Å². The summed E-state index contributed by atoms with van der Waals surface area (Å²) in [7, 11) is 0. The van der Waals surface area contributed by atoms with Gasteiger partial charge in [0.1, 0.15) is 0 Å². The molecule has 1 aromatic carbocycles. The summed E-state index contributed by atoms with van der Waals surface area (Å²) < 4.78 is 1.25. The zero-order chi connectivity index (χ0) is 8.27. The van der Waals surface area contributed by atoms with Gasteiger partial charge in [0.05, 0.1) is 5.69 Å². The van der Waals surface area contributed by atoms with Crippen LogP contribution in [0.5, 0.6) is 0 Å². The topological polar surface area (TPSA) is 38.0 Å². The first-order valence-electron chi connectivity index (χ1n) is 3.53. The molecule has 1 aromatic rings. The first kappa shape index (κ1) is 8.80. The molecule has 0 spiro atoms. The Morgan fingerprint density at radius 2 is 2.27 bits per heavy atom. The molecule has 0 unspecified atom stereocenters. The van der Waals surface area contributed by atoms with Gasteiger partial charge in [-0.3, -0.25) is 5.84 Å². The molecular weight excluding hydrogens is 251 g/mol. The van der Waals surface area contributed by atoms with Gasteiger partial charge in [0.2, 0.25) is 0 Å². The number of hydrogen-bond donors (Lipinski definition) is 2. The smallest absolute Gasteiger partial charge is 0.0517 e. The third-order valence-corrected chi connectivity index (χ3v) is 2.27. The van der Waals surface area contributed by atoms with Gasteiger partial charge >= 0.3 is 0 Å². The number of hydrogen-bond acceptors (Lipinski definition) is 2. The molecule has 0 atom stereocenters. The van der Waals surface area contributed by atoms with Gasteiger partial charge < -0.3 is 5.43 Å². The number of nitrogen functional groups attached to an aromatic ring is 1. The highest BCUT2D eigenvalue weighted by Crippen LogP contribution is 2.17. The number of halogens is 1. The second-order valence-electron chi connectivity index (χ2n) is 2.30. The monoisotopic (exact) mass is 262 g/mol. The van der Waals surface area contributed by atoms with E-state index in [-0.39, 0.29) is 0 Å². The summed E-state index contributed by atoms with van der Waals surface area (Å²) >= 11 is 2.29. The van der Waals surface area contributed by atoms with Gasteiger partial charge in [-0.05, 0) is 52.8 Å². The Labute approximate surface area is 80.3 Å². The maximum atomic E-state index is 5.32. The molecule has 0 fully saturated rings. The molecule has 0 heterocycles. The van der Waals surface area contributed by atoms with Gasteiger partial charge in [-0.1, -0.05) is 6.92 Å². The van der Waals surface area contributed by atoms with Crippen molar-refractivity contribution in [3.8, 4) is 0 Å². The first-order valence-corrected chi connectivity index (χ1v) is 4.61. The van der Waals surface area contributed by atoms with E-state index in [1.54, 1.807) is 0 Å². The Balaban J connectivity index is 3.06. The summed E-state index contributed by atoms with van der Waals surface area (Å²) in [6.45, 7) is 2.12. The molecule has 0 aliphatic heterocycles. The van der Waals surface area contributed by atoms with Crippen LogP contribution in [0.4, 0.5) is 5.69 Å². The minimum absolute atomic E-state index is 1.01. The highest BCUT2D eigenvalue weighted by molar-refractivity contribution is 14.1. The zero-order valence-corrected chi connectivity index (χ0v) is 8.55. The third-order valence-electron chi connectivity index (χ3n) is 1.60. The molecule has 3 heteroatoms. The van der Waals surface area contributed by atoms with Crippen molar-refractivity contribution in [1.82, 2.24) is 0 Å². The predicted molar refractivity (Wildman–Crippen MR) is 56.3 cm³/mol. The Bertz CT molecular complexity index is 248. The van der Waals surface area contributed by atoms with Crippen molar-refractivity contribution in [3.05, 3.63) is 27.3 Å². The SMILES string of the molecule is CCc1cc(I)ccc1NN. The lowest BCUT2D eigenvalue weighted by Crippen LogP contribution is -2.08. The molecule has 0 amide bonds. The average Bonchev–Trinajstić information content (AvgIpc) is 2.04. The quantitative estimate of drug-likeness (QED) is 0.487. The number of anilines is 1. The standard InChI is InChI=1S/C8H11IN2/c1-2-6-5-7(9)3-4-8(6)11-10/h3-5,11H,2,10H2,1H3. The van der Waals surface area contributed by atoms with Crippen LogP contribution in [0, 0.1) is 3.57 Å². The first-order chi connectivity index (χ1) is 5.27. The summed E-state index contributed by atoms with van der Waals surface area (Å²) in [6.07, 6.45) is 1.01. The third kappa shape index (κ3) is 2.07. The van der Waals surface area contributed by atoms with E-state index in [1.165, 1.54) is 9.13 Å². The lowest BCUT2D eigenvalue weighted by molar-refractivity contribution is 1.12. The average molecular weight is 262 g/mol. The second-order valence-corrected chi connectivity index (χ2v) is 3.54. The van der Waals surface area contributed by atoms with E-state index in [0.717, 1.165) is 12.1 Å². The molecule has 0 bridgehead atoms. The van der Waals surface area contributed by atoms with Crippen LogP contribution in [0.25, 0.3) is 0 Å². The van der Waals surface area contributed by atoms with Crippen LogP contribution >= 0.6 is 22.6 Å². The predicted octanol–water partition coefficient (Wildman–Crippen LogP) is 2.14. The number of aryl methyl sites for hydroxylation is 1. The van der Waals surface area contributed by atoms with Crippen LogP contribution in [0.2, 0.25) is 0 Å². The molecule has 0 aliphatic rings. The van der Waals surface area contributed by atoms with Crippen molar-refractivity contribution < 1.29 is 0 Å². The van der Waals surface area contributed by atoms with E-state index >= 15 is 0 Å². The molecule has 0 aromatic heterocycles. The van der Waals surface area contributed by atoms with Crippen LogP contribution in [-0.4, -0.2) is 0 Å². The van der Waals surface area contributed by atoms with Crippen molar-refractivity contribution in [1.29, 1.82) is 0 Å². The van der Waals surface area contributed by atoms with Crippen LogP contribution in [0.1, 0.15) is 12.5 Å². The van der Waals surface area contributed by atoms with E-state index in [0.29, 0.717) is 0 Å². The highest BCUT2D eigenvalue weighted by Gasteiger charge is 1.97. The van der Waals surface area contributed by atoms with Crippen molar-refractivity contribution in [2.75, 3.05) is 5.43 Å². The molecule has 1 rings (SSSR count). The Hall–Kier alpha value is -0.290.